The number of carbonyl (C=O) groups is 3. The molecule has 0 saturated carbocycles. The number of fused-ring (bicyclic) bond motifs is 1. The Bertz CT molecular complexity index is 1370. The monoisotopic (exact) mass is 488 g/mol. The molecule has 13 nitrogen and oxygen atoms in total. The SMILES string of the molecule is CCOC(=O)c1ccc2c(c1)sc(=NC(=O)c1cc([N+](=O)[O-])cc([N+](=O)[O-])c1)n2CC(=O)OC. The molecule has 0 radical (unpaired) electrons. The van der Waals surface area contributed by atoms with Crippen LogP contribution in [0.15, 0.2) is 41.4 Å². The number of carbonyl (C=O) groups excluding carboxylic acids is 3. The molecule has 0 fully saturated rings. The molecule has 0 N–H and O–H groups in total. The van der Waals surface area contributed by atoms with Gasteiger partial charge in [0.15, 0.2) is 4.80 Å². The Kier molecular flexibility index (Phi) is 7.11. The topological polar surface area (TPSA) is 173 Å². The Morgan fingerprint density at radius 1 is 1.03 bits per heavy atom. The highest BCUT2D eigenvalue weighted by molar-refractivity contribution is 7.16. The Morgan fingerprint density at radius 2 is 1.68 bits per heavy atom. The van der Waals surface area contributed by atoms with Crippen molar-refractivity contribution in [3.8, 4) is 0 Å². The summed E-state index contributed by atoms with van der Waals surface area (Å²) in [5, 5.41) is 22.2. The number of thiazole rings is 1. The highest BCUT2D eigenvalue weighted by Crippen LogP contribution is 2.24. The maximum absolute atomic E-state index is 12.8. The summed E-state index contributed by atoms with van der Waals surface area (Å²) in [6.45, 7) is 1.51. The van der Waals surface area contributed by atoms with E-state index >= 15 is 0 Å². The van der Waals surface area contributed by atoms with E-state index in [4.69, 9.17) is 4.74 Å². The maximum atomic E-state index is 12.8. The van der Waals surface area contributed by atoms with Gasteiger partial charge in [-0.15, -0.1) is 0 Å². The molecule has 1 aromatic heterocycles. The molecule has 2 aromatic carbocycles. The van der Waals surface area contributed by atoms with E-state index in [0.717, 1.165) is 29.5 Å². The first-order chi connectivity index (χ1) is 16.1. The molecule has 0 aliphatic rings. The smallest absolute Gasteiger partial charge is 0.338 e. The molecular weight excluding hydrogens is 472 g/mol. The number of methoxy groups -OCH3 is 1. The van der Waals surface area contributed by atoms with Crippen molar-refractivity contribution in [1.29, 1.82) is 0 Å². The molecule has 0 bridgehead atoms. The lowest BCUT2D eigenvalue weighted by Crippen LogP contribution is -2.22. The highest BCUT2D eigenvalue weighted by atomic mass is 32.1. The summed E-state index contributed by atoms with van der Waals surface area (Å²) in [7, 11) is 1.18. The lowest BCUT2D eigenvalue weighted by molar-refractivity contribution is -0.394. The molecule has 0 spiro atoms. The number of hydrogen-bond donors (Lipinski definition) is 0. The average Bonchev–Trinajstić information content (AvgIpc) is 3.14. The predicted octanol–water partition coefficient (Wildman–Crippen LogP) is 2.61. The molecule has 3 rings (SSSR count). The van der Waals surface area contributed by atoms with E-state index in [1.165, 1.54) is 23.8 Å². The van der Waals surface area contributed by atoms with Crippen LogP contribution in [0.1, 0.15) is 27.6 Å². The van der Waals surface area contributed by atoms with Gasteiger partial charge in [0, 0.05) is 12.1 Å². The standard InChI is InChI=1S/C20H16N4O9S/c1-3-33-19(27)11-4-5-15-16(8-11)34-20(22(15)10-17(25)32-2)21-18(26)12-6-13(23(28)29)9-14(7-12)24(30)31/h4-9H,3,10H2,1-2H3. The Balaban J connectivity index is 2.17. The molecule has 0 saturated heterocycles. The maximum Gasteiger partial charge on any atom is 0.338 e. The van der Waals surface area contributed by atoms with Gasteiger partial charge in [0.1, 0.15) is 6.54 Å². The van der Waals surface area contributed by atoms with Gasteiger partial charge in [-0.3, -0.25) is 29.8 Å². The van der Waals surface area contributed by atoms with Crippen LogP contribution in [0.5, 0.6) is 0 Å². The van der Waals surface area contributed by atoms with Crippen LogP contribution in [0.4, 0.5) is 11.4 Å². The van der Waals surface area contributed by atoms with Crippen LogP contribution in [0.2, 0.25) is 0 Å². The molecule has 0 atom stereocenters. The molecule has 1 heterocycles. The summed E-state index contributed by atoms with van der Waals surface area (Å²) in [6, 6.07) is 7.00. The summed E-state index contributed by atoms with van der Waals surface area (Å²) < 4.78 is 11.5. The zero-order valence-corrected chi connectivity index (χ0v) is 18.6. The minimum atomic E-state index is -0.998. The zero-order valence-electron chi connectivity index (χ0n) is 17.7. The quantitative estimate of drug-likeness (QED) is 0.275. The fourth-order valence-corrected chi connectivity index (χ4v) is 3.99. The van der Waals surface area contributed by atoms with Crippen molar-refractivity contribution in [3.63, 3.8) is 0 Å². The summed E-state index contributed by atoms with van der Waals surface area (Å²) in [6.07, 6.45) is 0. The van der Waals surface area contributed by atoms with Crippen molar-refractivity contribution in [3.05, 3.63) is 72.6 Å². The number of hydrogen-bond acceptors (Lipinski definition) is 10. The minimum Gasteiger partial charge on any atom is -0.468 e. The van der Waals surface area contributed by atoms with Crippen LogP contribution in [0.25, 0.3) is 10.2 Å². The molecule has 0 aliphatic carbocycles. The van der Waals surface area contributed by atoms with Crippen LogP contribution >= 0.6 is 11.3 Å². The van der Waals surface area contributed by atoms with E-state index in [0.29, 0.717) is 10.2 Å². The van der Waals surface area contributed by atoms with Gasteiger partial charge in [0.2, 0.25) is 0 Å². The average molecular weight is 488 g/mol. The van der Waals surface area contributed by atoms with E-state index in [1.54, 1.807) is 13.0 Å². The lowest BCUT2D eigenvalue weighted by atomic mass is 10.1. The number of esters is 2. The van der Waals surface area contributed by atoms with Gasteiger partial charge in [-0.25, -0.2) is 4.79 Å². The third-order valence-corrected chi connectivity index (χ3v) is 5.52. The third-order valence-electron chi connectivity index (χ3n) is 4.48. The Hall–Kier alpha value is -4.46. The van der Waals surface area contributed by atoms with Gasteiger partial charge >= 0.3 is 11.9 Å². The van der Waals surface area contributed by atoms with Crippen molar-refractivity contribution >= 4 is 50.8 Å². The number of nitro benzene ring substituents is 2. The van der Waals surface area contributed by atoms with Crippen LogP contribution in [0, 0.1) is 20.2 Å². The number of non-ortho nitro benzene ring substituents is 2. The highest BCUT2D eigenvalue weighted by Gasteiger charge is 2.21. The molecule has 0 aliphatic heterocycles. The number of nitrogens with zero attached hydrogens (tertiary/aromatic N) is 4. The van der Waals surface area contributed by atoms with Gasteiger partial charge in [0.25, 0.3) is 17.3 Å². The van der Waals surface area contributed by atoms with E-state index in [1.807, 2.05) is 0 Å². The van der Waals surface area contributed by atoms with Crippen molar-refractivity contribution < 1.29 is 33.7 Å². The van der Waals surface area contributed by atoms with Gasteiger partial charge < -0.3 is 14.0 Å². The van der Waals surface area contributed by atoms with E-state index < -0.39 is 39.1 Å². The van der Waals surface area contributed by atoms with Gasteiger partial charge in [-0.1, -0.05) is 11.3 Å². The number of amides is 1. The predicted molar refractivity (Wildman–Crippen MR) is 117 cm³/mol. The lowest BCUT2D eigenvalue weighted by Gasteiger charge is -2.05. The Morgan fingerprint density at radius 3 is 2.24 bits per heavy atom. The van der Waals surface area contributed by atoms with E-state index in [-0.39, 0.29) is 29.1 Å². The molecule has 0 unspecified atom stereocenters. The van der Waals surface area contributed by atoms with Crippen LogP contribution in [-0.2, 0) is 20.8 Å². The van der Waals surface area contributed by atoms with Crippen LogP contribution in [-0.4, -0.2) is 46.0 Å². The second-order valence-corrected chi connectivity index (χ2v) is 7.63. The first kappa shape index (κ1) is 24.2. The Labute approximate surface area is 194 Å². The second-order valence-electron chi connectivity index (χ2n) is 6.62. The summed E-state index contributed by atoms with van der Waals surface area (Å²) in [4.78, 5) is 61.3. The third kappa shape index (κ3) is 5.12. The minimum absolute atomic E-state index is 0.0144. The number of benzene rings is 2. The molecular formula is C20H16N4O9S. The molecule has 3 aromatic rings. The number of ether oxygens (including phenoxy) is 2. The molecule has 1 amide bonds. The van der Waals surface area contributed by atoms with Gasteiger partial charge in [-0.2, -0.15) is 4.99 Å². The summed E-state index contributed by atoms with van der Waals surface area (Å²) >= 11 is 0.962. The first-order valence-electron chi connectivity index (χ1n) is 9.54. The van der Waals surface area contributed by atoms with Crippen LogP contribution < -0.4 is 4.80 Å². The largest absolute Gasteiger partial charge is 0.468 e. The normalized spacial score (nSPS) is 11.3. The van der Waals surface area contributed by atoms with Crippen molar-refractivity contribution in [2.24, 2.45) is 4.99 Å². The molecule has 14 heteroatoms. The first-order valence-corrected chi connectivity index (χ1v) is 10.4. The number of aromatic nitrogens is 1. The van der Waals surface area contributed by atoms with Gasteiger partial charge in [-0.05, 0) is 25.1 Å². The number of nitro groups is 2. The van der Waals surface area contributed by atoms with Gasteiger partial charge in [0.05, 0.1) is 51.0 Å². The molecule has 176 valence electrons. The zero-order chi connectivity index (χ0) is 25.0. The molecule has 34 heavy (non-hydrogen) atoms. The summed E-state index contributed by atoms with van der Waals surface area (Å²) in [5.74, 6) is -2.20. The number of rotatable bonds is 7. The van der Waals surface area contributed by atoms with Crippen LogP contribution in [0.3, 0.4) is 0 Å². The fourth-order valence-electron chi connectivity index (χ4n) is 2.93. The summed E-state index contributed by atoms with van der Waals surface area (Å²) in [5.41, 5.74) is -0.973. The van der Waals surface area contributed by atoms with E-state index in [2.05, 4.69) is 9.73 Å². The van der Waals surface area contributed by atoms with Crippen molar-refractivity contribution in [2.45, 2.75) is 13.5 Å². The van der Waals surface area contributed by atoms with Crippen molar-refractivity contribution in [2.75, 3.05) is 13.7 Å². The van der Waals surface area contributed by atoms with E-state index in [9.17, 15) is 34.6 Å². The fraction of sp³-hybridized carbons (Fsp3) is 0.200. The van der Waals surface area contributed by atoms with Crippen molar-refractivity contribution in [1.82, 2.24) is 4.57 Å². The second kappa shape index (κ2) is 9.99.